The average molecular weight is 385 g/mol. The van der Waals surface area contributed by atoms with Crippen LogP contribution >= 0.6 is 0 Å². The van der Waals surface area contributed by atoms with E-state index in [1.54, 1.807) is 24.3 Å². The number of hydrogen-bond acceptors (Lipinski definition) is 4. The summed E-state index contributed by atoms with van der Waals surface area (Å²) in [7, 11) is 0. The van der Waals surface area contributed by atoms with Crippen LogP contribution in [0.5, 0.6) is 0 Å². The first-order valence-corrected chi connectivity index (χ1v) is 9.29. The minimum atomic E-state index is -0.679. The minimum Gasteiger partial charge on any atom is -0.459 e. The van der Waals surface area contributed by atoms with Gasteiger partial charge >= 0.3 is 0 Å². The lowest BCUT2D eigenvalue weighted by Gasteiger charge is -2.21. The molecule has 3 N–H and O–H groups in total. The Balaban J connectivity index is 1.91. The number of furan rings is 1. The quantitative estimate of drug-likeness (QED) is 0.650. The minimum absolute atomic E-state index is 0.0480. The van der Waals surface area contributed by atoms with Crippen LogP contribution in [0.15, 0.2) is 47.1 Å². The summed E-state index contributed by atoms with van der Waals surface area (Å²) in [4.78, 5) is 36.4. The predicted molar refractivity (Wildman–Crippen MR) is 107 cm³/mol. The SMILES string of the molecule is CC(C)C(=O)Nc1ccc(CNC(=O)C(NC(=O)c2ccco2)C(C)C)cc1. The molecule has 0 aliphatic rings. The van der Waals surface area contributed by atoms with Gasteiger partial charge in [-0.3, -0.25) is 14.4 Å². The van der Waals surface area contributed by atoms with Crippen LogP contribution in [0.25, 0.3) is 0 Å². The maximum atomic E-state index is 12.5. The third kappa shape index (κ3) is 5.97. The molecule has 0 radical (unpaired) electrons. The fourth-order valence-corrected chi connectivity index (χ4v) is 2.45. The Hall–Kier alpha value is -3.09. The molecule has 1 unspecified atom stereocenters. The van der Waals surface area contributed by atoms with Crippen molar-refractivity contribution in [3.05, 3.63) is 54.0 Å². The van der Waals surface area contributed by atoms with Gasteiger partial charge in [-0.15, -0.1) is 0 Å². The third-order valence-electron chi connectivity index (χ3n) is 4.19. The second kappa shape index (κ2) is 9.73. The van der Waals surface area contributed by atoms with Gasteiger partial charge in [0, 0.05) is 18.2 Å². The summed E-state index contributed by atoms with van der Waals surface area (Å²) in [6, 6.07) is 9.74. The van der Waals surface area contributed by atoms with Crippen LogP contribution in [0.2, 0.25) is 0 Å². The molecule has 150 valence electrons. The molecule has 0 saturated carbocycles. The highest BCUT2D eigenvalue weighted by Crippen LogP contribution is 2.11. The zero-order chi connectivity index (χ0) is 20.7. The summed E-state index contributed by atoms with van der Waals surface area (Å²) in [5.41, 5.74) is 1.59. The highest BCUT2D eigenvalue weighted by atomic mass is 16.3. The van der Waals surface area contributed by atoms with E-state index in [9.17, 15) is 14.4 Å². The Bertz CT molecular complexity index is 796. The number of anilines is 1. The molecule has 0 aliphatic carbocycles. The van der Waals surface area contributed by atoms with Crippen molar-refractivity contribution in [2.24, 2.45) is 11.8 Å². The van der Waals surface area contributed by atoms with Gasteiger partial charge in [-0.25, -0.2) is 0 Å². The summed E-state index contributed by atoms with van der Waals surface area (Å²) in [5, 5.41) is 8.36. The van der Waals surface area contributed by atoms with Gasteiger partial charge in [0.15, 0.2) is 5.76 Å². The number of carbonyl (C=O) groups is 3. The topological polar surface area (TPSA) is 100 Å². The number of rotatable bonds is 8. The molecule has 1 atom stereocenters. The molecule has 28 heavy (non-hydrogen) atoms. The molecular weight excluding hydrogens is 358 g/mol. The molecule has 0 saturated heterocycles. The fraction of sp³-hybridized carbons (Fsp3) is 0.381. The highest BCUT2D eigenvalue weighted by Gasteiger charge is 2.25. The van der Waals surface area contributed by atoms with E-state index in [1.807, 2.05) is 39.8 Å². The Morgan fingerprint density at radius 1 is 0.964 bits per heavy atom. The number of benzene rings is 1. The lowest BCUT2D eigenvalue weighted by atomic mass is 10.0. The Kier molecular flexibility index (Phi) is 7.37. The van der Waals surface area contributed by atoms with E-state index in [0.717, 1.165) is 5.56 Å². The Labute approximate surface area is 164 Å². The summed E-state index contributed by atoms with van der Waals surface area (Å²) in [5.74, 6) is -0.766. The van der Waals surface area contributed by atoms with Crippen LogP contribution in [-0.4, -0.2) is 23.8 Å². The van der Waals surface area contributed by atoms with Crippen molar-refractivity contribution in [2.75, 3.05) is 5.32 Å². The monoisotopic (exact) mass is 385 g/mol. The summed E-state index contributed by atoms with van der Waals surface area (Å²) < 4.78 is 5.06. The molecule has 0 aliphatic heterocycles. The van der Waals surface area contributed by atoms with E-state index in [4.69, 9.17) is 4.42 Å². The second-order valence-corrected chi connectivity index (χ2v) is 7.23. The third-order valence-corrected chi connectivity index (χ3v) is 4.19. The molecule has 3 amide bonds. The highest BCUT2D eigenvalue weighted by molar-refractivity contribution is 5.95. The van der Waals surface area contributed by atoms with Gasteiger partial charge in [0.2, 0.25) is 11.8 Å². The number of amides is 3. The van der Waals surface area contributed by atoms with Gasteiger partial charge in [-0.05, 0) is 35.7 Å². The normalized spacial score (nSPS) is 11.9. The van der Waals surface area contributed by atoms with Crippen LogP contribution in [0, 0.1) is 11.8 Å². The van der Waals surface area contributed by atoms with Gasteiger partial charge in [0.05, 0.1) is 6.26 Å². The molecule has 0 bridgehead atoms. The first kappa shape index (κ1) is 21.2. The predicted octanol–water partition coefficient (Wildman–Crippen LogP) is 2.94. The summed E-state index contributed by atoms with van der Waals surface area (Å²) >= 11 is 0. The molecule has 0 spiro atoms. The maximum Gasteiger partial charge on any atom is 0.287 e. The molecule has 7 nitrogen and oxygen atoms in total. The molecule has 0 fully saturated rings. The van der Waals surface area contributed by atoms with E-state index in [0.29, 0.717) is 12.2 Å². The number of nitrogens with one attached hydrogen (secondary N) is 3. The molecular formula is C21H27N3O4. The van der Waals surface area contributed by atoms with E-state index < -0.39 is 11.9 Å². The van der Waals surface area contributed by atoms with Crippen LogP contribution in [0.4, 0.5) is 5.69 Å². The maximum absolute atomic E-state index is 12.5. The molecule has 1 aromatic carbocycles. The number of hydrogen-bond donors (Lipinski definition) is 3. The van der Waals surface area contributed by atoms with Crippen LogP contribution < -0.4 is 16.0 Å². The van der Waals surface area contributed by atoms with Crippen molar-refractivity contribution < 1.29 is 18.8 Å². The average Bonchev–Trinajstić information content (AvgIpc) is 3.19. The van der Waals surface area contributed by atoms with Crippen LogP contribution in [-0.2, 0) is 16.1 Å². The van der Waals surface area contributed by atoms with Crippen molar-refractivity contribution in [1.82, 2.24) is 10.6 Å². The van der Waals surface area contributed by atoms with Gasteiger partial charge < -0.3 is 20.4 Å². The molecule has 1 heterocycles. The fourth-order valence-electron chi connectivity index (χ4n) is 2.45. The van der Waals surface area contributed by atoms with Crippen molar-refractivity contribution in [3.8, 4) is 0 Å². The number of carbonyl (C=O) groups excluding carboxylic acids is 3. The lowest BCUT2D eigenvalue weighted by Crippen LogP contribution is -2.49. The van der Waals surface area contributed by atoms with Gasteiger partial charge in [0.25, 0.3) is 5.91 Å². The largest absolute Gasteiger partial charge is 0.459 e. The van der Waals surface area contributed by atoms with Gasteiger partial charge in [-0.2, -0.15) is 0 Å². The lowest BCUT2D eigenvalue weighted by molar-refractivity contribution is -0.124. The van der Waals surface area contributed by atoms with E-state index >= 15 is 0 Å². The van der Waals surface area contributed by atoms with E-state index in [2.05, 4.69) is 16.0 Å². The second-order valence-electron chi connectivity index (χ2n) is 7.23. The first-order valence-electron chi connectivity index (χ1n) is 9.29. The first-order chi connectivity index (χ1) is 13.3. The molecule has 2 rings (SSSR count). The molecule has 2 aromatic rings. The zero-order valence-electron chi connectivity index (χ0n) is 16.6. The standard InChI is InChI=1S/C21H27N3O4/c1-13(2)18(24-20(26)17-6-5-11-28-17)21(27)22-12-15-7-9-16(10-8-15)23-19(25)14(3)4/h5-11,13-14,18H,12H2,1-4H3,(H,22,27)(H,23,25)(H,24,26). The summed E-state index contributed by atoms with van der Waals surface area (Å²) in [6.07, 6.45) is 1.41. The Morgan fingerprint density at radius 2 is 1.64 bits per heavy atom. The van der Waals surface area contributed by atoms with Crippen molar-refractivity contribution in [1.29, 1.82) is 0 Å². The van der Waals surface area contributed by atoms with Crippen molar-refractivity contribution >= 4 is 23.4 Å². The summed E-state index contributed by atoms with van der Waals surface area (Å²) in [6.45, 7) is 7.69. The molecule has 1 aromatic heterocycles. The zero-order valence-corrected chi connectivity index (χ0v) is 16.6. The van der Waals surface area contributed by atoms with Crippen LogP contribution in [0.1, 0.15) is 43.8 Å². The van der Waals surface area contributed by atoms with E-state index in [-0.39, 0.29) is 29.4 Å². The van der Waals surface area contributed by atoms with Gasteiger partial charge in [0.1, 0.15) is 6.04 Å². The smallest absolute Gasteiger partial charge is 0.287 e. The molecule has 7 heteroatoms. The van der Waals surface area contributed by atoms with Crippen LogP contribution in [0.3, 0.4) is 0 Å². The van der Waals surface area contributed by atoms with E-state index in [1.165, 1.54) is 6.26 Å². The van der Waals surface area contributed by atoms with Gasteiger partial charge in [-0.1, -0.05) is 39.8 Å². The van der Waals surface area contributed by atoms with Crippen molar-refractivity contribution in [2.45, 2.75) is 40.3 Å². The van der Waals surface area contributed by atoms with Crippen molar-refractivity contribution in [3.63, 3.8) is 0 Å². The Morgan fingerprint density at radius 3 is 2.18 bits per heavy atom.